The van der Waals surface area contributed by atoms with Gasteiger partial charge in [0.25, 0.3) is 5.91 Å². The standard InChI is InChI=1S/C10H6F2N2O2/c11-7-2-1-6(3-8(7)12)14-10(15)9-4-13-5-16-9/h1-5H,(H,14,15). The van der Waals surface area contributed by atoms with E-state index in [1.165, 1.54) is 12.3 Å². The van der Waals surface area contributed by atoms with Gasteiger partial charge in [0.05, 0.1) is 6.20 Å². The Morgan fingerprint density at radius 1 is 1.31 bits per heavy atom. The highest BCUT2D eigenvalue weighted by molar-refractivity contribution is 6.01. The molecule has 1 aromatic carbocycles. The Morgan fingerprint density at radius 3 is 2.75 bits per heavy atom. The van der Waals surface area contributed by atoms with Gasteiger partial charge in [0, 0.05) is 11.8 Å². The number of aromatic nitrogens is 1. The highest BCUT2D eigenvalue weighted by Gasteiger charge is 2.10. The molecule has 0 aliphatic rings. The van der Waals surface area contributed by atoms with Gasteiger partial charge in [-0.05, 0) is 12.1 Å². The van der Waals surface area contributed by atoms with Crippen molar-refractivity contribution in [2.45, 2.75) is 0 Å². The minimum Gasteiger partial charge on any atom is -0.438 e. The molecule has 0 unspecified atom stereocenters. The molecule has 6 heteroatoms. The van der Waals surface area contributed by atoms with Gasteiger partial charge in [0.2, 0.25) is 5.76 Å². The van der Waals surface area contributed by atoms with E-state index in [1.807, 2.05) is 0 Å². The van der Waals surface area contributed by atoms with Crippen LogP contribution in [0.25, 0.3) is 0 Å². The van der Waals surface area contributed by atoms with Crippen LogP contribution in [0, 0.1) is 11.6 Å². The van der Waals surface area contributed by atoms with Gasteiger partial charge in [-0.1, -0.05) is 0 Å². The Hall–Kier alpha value is -2.24. The quantitative estimate of drug-likeness (QED) is 0.850. The van der Waals surface area contributed by atoms with Crippen LogP contribution in [0.1, 0.15) is 10.6 Å². The minimum absolute atomic E-state index is 0.00951. The predicted molar refractivity (Wildman–Crippen MR) is 50.8 cm³/mol. The maximum absolute atomic E-state index is 12.8. The minimum atomic E-state index is -1.03. The van der Waals surface area contributed by atoms with Crippen molar-refractivity contribution in [2.75, 3.05) is 5.32 Å². The van der Waals surface area contributed by atoms with Crippen molar-refractivity contribution in [3.05, 3.63) is 48.2 Å². The van der Waals surface area contributed by atoms with Crippen molar-refractivity contribution in [3.63, 3.8) is 0 Å². The number of hydrogen-bond acceptors (Lipinski definition) is 3. The van der Waals surface area contributed by atoms with E-state index in [2.05, 4.69) is 10.3 Å². The maximum Gasteiger partial charge on any atom is 0.293 e. The molecule has 0 atom stereocenters. The lowest BCUT2D eigenvalue weighted by molar-refractivity contribution is 0.0996. The van der Waals surface area contributed by atoms with Crippen molar-refractivity contribution >= 4 is 11.6 Å². The van der Waals surface area contributed by atoms with Gasteiger partial charge >= 0.3 is 0 Å². The molecule has 0 aliphatic carbocycles. The fraction of sp³-hybridized carbons (Fsp3) is 0. The number of amides is 1. The first kappa shape index (κ1) is 10.3. The fourth-order valence-corrected chi connectivity index (χ4v) is 1.09. The Balaban J connectivity index is 2.15. The SMILES string of the molecule is O=C(Nc1ccc(F)c(F)c1)c1cnco1. The van der Waals surface area contributed by atoms with Gasteiger partial charge in [-0.25, -0.2) is 13.8 Å². The van der Waals surface area contributed by atoms with E-state index < -0.39 is 17.5 Å². The largest absolute Gasteiger partial charge is 0.438 e. The molecule has 0 spiro atoms. The first-order valence-electron chi connectivity index (χ1n) is 4.32. The molecule has 0 bridgehead atoms. The normalized spacial score (nSPS) is 10.1. The zero-order valence-corrected chi connectivity index (χ0v) is 7.91. The van der Waals surface area contributed by atoms with Crippen molar-refractivity contribution in [1.82, 2.24) is 4.98 Å². The third-order valence-electron chi connectivity index (χ3n) is 1.83. The smallest absolute Gasteiger partial charge is 0.293 e. The van der Waals surface area contributed by atoms with Gasteiger partial charge in [0.15, 0.2) is 18.0 Å². The number of hydrogen-bond donors (Lipinski definition) is 1. The summed E-state index contributed by atoms with van der Waals surface area (Å²) in [6, 6.07) is 3.04. The third-order valence-corrected chi connectivity index (χ3v) is 1.83. The molecular weight excluding hydrogens is 218 g/mol. The molecule has 0 saturated carbocycles. The van der Waals surface area contributed by atoms with Crippen LogP contribution in [0.4, 0.5) is 14.5 Å². The second-order valence-electron chi connectivity index (χ2n) is 2.95. The molecule has 0 radical (unpaired) electrons. The van der Waals surface area contributed by atoms with Gasteiger partial charge < -0.3 is 9.73 Å². The first-order valence-corrected chi connectivity index (χ1v) is 4.32. The summed E-state index contributed by atoms with van der Waals surface area (Å²) in [6.07, 6.45) is 2.31. The molecule has 4 nitrogen and oxygen atoms in total. The number of anilines is 1. The summed E-state index contributed by atoms with van der Waals surface area (Å²) < 4.78 is 30.1. The summed E-state index contributed by atoms with van der Waals surface area (Å²) in [6.45, 7) is 0. The second-order valence-corrected chi connectivity index (χ2v) is 2.95. The van der Waals surface area contributed by atoms with Gasteiger partial charge in [-0.15, -0.1) is 0 Å². The molecule has 82 valence electrons. The second kappa shape index (κ2) is 4.09. The van der Waals surface area contributed by atoms with Crippen LogP contribution in [-0.2, 0) is 0 Å². The summed E-state index contributed by atoms with van der Waals surface area (Å²) in [4.78, 5) is 15.0. The lowest BCUT2D eigenvalue weighted by atomic mass is 10.3. The molecule has 1 heterocycles. The average Bonchev–Trinajstić information content (AvgIpc) is 2.77. The number of oxazole rings is 1. The zero-order valence-electron chi connectivity index (χ0n) is 7.91. The molecule has 0 fully saturated rings. The number of halogens is 2. The Morgan fingerprint density at radius 2 is 2.12 bits per heavy atom. The van der Waals surface area contributed by atoms with Crippen molar-refractivity contribution in [3.8, 4) is 0 Å². The van der Waals surface area contributed by atoms with E-state index in [1.54, 1.807) is 0 Å². The van der Waals surface area contributed by atoms with E-state index in [0.29, 0.717) is 0 Å². The molecule has 2 aromatic rings. The highest BCUT2D eigenvalue weighted by Crippen LogP contribution is 2.14. The van der Waals surface area contributed by atoms with E-state index >= 15 is 0 Å². The van der Waals surface area contributed by atoms with Crippen molar-refractivity contribution < 1.29 is 18.0 Å². The Bertz CT molecular complexity index is 512. The van der Waals surface area contributed by atoms with Crippen molar-refractivity contribution in [2.24, 2.45) is 0 Å². The number of carbonyl (C=O) groups is 1. The lowest BCUT2D eigenvalue weighted by Gasteiger charge is -2.02. The highest BCUT2D eigenvalue weighted by atomic mass is 19.2. The summed E-state index contributed by atoms with van der Waals surface area (Å²) >= 11 is 0. The van der Waals surface area contributed by atoms with Crippen LogP contribution in [0.3, 0.4) is 0 Å². The lowest BCUT2D eigenvalue weighted by Crippen LogP contribution is -2.11. The van der Waals surface area contributed by atoms with Crippen LogP contribution < -0.4 is 5.32 Å². The molecule has 0 saturated heterocycles. The van der Waals surface area contributed by atoms with Gasteiger partial charge in [-0.2, -0.15) is 0 Å². The molecular formula is C10H6F2N2O2. The molecule has 0 aliphatic heterocycles. The van der Waals surface area contributed by atoms with Crippen molar-refractivity contribution in [1.29, 1.82) is 0 Å². The molecule has 16 heavy (non-hydrogen) atoms. The summed E-state index contributed by atoms with van der Waals surface area (Å²) in [7, 11) is 0. The zero-order chi connectivity index (χ0) is 11.5. The molecule has 1 N–H and O–H groups in total. The number of nitrogens with one attached hydrogen (secondary N) is 1. The fourth-order valence-electron chi connectivity index (χ4n) is 1.09. The summed E-state index contributed by atoms with van der Waals surface area (Å²) in [5.41, 5.74) is 0.139. The van der Waals surface area contributed by atoms with Crippen LogP contribution >= 0.6 is 0 Å². The third kappa shape index (κ3) is 2.05. The van der Waals surface area contributed by atoms with Crippen LogP contribution in [0.2, 0.25) is 0 Å². The number of carbonyl (C=O) groups excluding carboxylic acids is 1. The van der Waals surface area contributed by atoms with Crippen LogP contribution in [0.5, 0.6) is 0 Å². The first-order chi connectivity index (χ1) is 7.66. The summed E-state index contributed by atoms with van der Waals surface area (Å²) in [5.74, 6) is -2.60. The van der Waals surface area contributed by atoms with E-state index in [0.717, 1.165) is 18.5 Å². The van der Waals surface area contributed by atoms with Crippen LogP contribution in [0.15, 0.2) is 35.2 Å². The van der Waals surface area contributed by atoms with Gasteiger partial charge in [-0.3, -0.25) is 4.79 Å². The maximum atomic E-state index is 12.8. The van der Waals surface area contributed by atoms with Crippen LogP contribution in [-0.4, -0.2) is 10.9 Å². The monoisotopic (exact) mass is 224 g/mol. The topological polar surface area (TPSA) is 55.1 Å². The molecule has 1 aromatic heterocycles. The number of rotatable bonds is 2. The predicted octanol–water partition coefficient (Wildman–Crippen LogP) is 2.21. The molecule has 2 rings (SSSR count). The van der Waals surface area contributed by atoms with E-state index in [9.17, 15) is 13.6 Å². The number of nitrogens with zero attached hydrogens (tertiary/aromatic N) is 1. The Kier molecular flexibility index (Phi) is 2.63. The van der Waals surface area contributed by atoms with Gasteiger partial charge in [0.1, 0.15) is 0 Å². The average molecular weight is 224 g/mol. The number of benzene rings is 1. The molecule has 1 amide bonds. The van der Waals surface area contributed by atoms with E-state index in [4.69, 9.17) is 4.42 Å². The Labute approximate surface area is 88.9 Å². The van der Waals surface area contributed by atoms with E-state index in [-0.39, 0.29) is 11.4 Å². The summed E-state index contributed by atoms with van der Waals surface area (Å²) in [5, 5.41) is 2.33.